The average Bonchev–Trinajstić information content (AvgIpc) is 2.63. The largest absolute Gasteiger partial charge is 0.493 e. The Labute approximate surface area is 154 Å². The first kappa shape index (κ1) is 20.0. The minimum atomic E-state index is -0.916. The topological polar surface area (TPSA) is 133 Å². The van der Waals surface area contributed by atoms with Gasteiger partial charge in [0, 0.05) is 6.54 Å². The van der Waals surface area contributed by atoms with Gasteiger partial charge < -0.3 is 15.2 Å². The molecule has 0 aliphatic carbocycles. The van der Waals surface area contributed by atoms with Crippen LogP contribution in [0.2, 0.25) is 0 Å². The first-order valence-electron chi connectivity index (χ1n) is 8.45. The normalized spacial score (nSPS) is 10.4. The molecule has 9 nitrogen and oxygen atoms in total. The summed E-state index contributed by atoms with van der Waals surface area (Å²) in [6.07, 6.45) is 0.576. The third kappa shape index (κ3) is 4.43. The molecule has 1 heterocycles. The maximum Gasteiger partial charge on any atom is 0.342 e. The lowest BCUT2D eigenvalue weighted by molar-refractivity contribution is 0.0470. The number of para-hydroxylation sites is 1. The Morgan fingerprint density at radius 2 is 1.89 bits per heavy atom. The number of nitrogen functional groups attached to an aromatic ring is 1. The van der Waals surface area contributed by atoms with E-state index in [-0.39, 0.29) is 17.9 Å². The lowest BCUT2D eigenvalue weighted by Crippen LogP contribution is -2.37. The van der Waals surface area contributed by atoms with Crippen molar-refractivity contribution in [2.45, 2.75) is 26.8 Å². The van der Waals surface area contributed by atoms with Crippen LogP contribution in [0, 0.1) is 0 Å². The van der Waals surface area contributed by atoms with E-state index in [0.29, 0.717) is 18.8 Å². The molecule has 144 valence electrons. The highest BCUT2D eigenvalue weighted by Gasteiger charge is 2.21. The van der Waals surface area contributed by atoms with E-state index >= 15 is 0 Å². The van der Waals surface area contributed by atoms with E-state index in [0.717, 1.165) is 4.57 Å². The molecule has 0 spiro atoms. The number of carbonyl (C=O) groups excluding carboxylic acids is 2. The number of nitrogens with one attached hydrogen (secondary N) is 1. The first-order valence-corrected chi connectivity index (χ1v) is 8.45. The molecule has 0 fully saturated rings. The first-order chi connectivity index (χ1) is 12.9. The molecule has 1 aromatic carbocycles. The lowest BCUT2D eigenvalue weighted by atomic mass is 10.2. The van der Waals surface area contributed by atoms with E-state index in [4.69, 9.17) is 15.2 Å². The van der Waals surface area contributed by atoms with E-state index < -0.39 is 35.2 Å². The number of hydrogen-bond acceptors (Lipinski definition) is 7. The van der Waals surface area contributed by atoms with Crippen molar-refractivity contribution in [1.82, 2.24) is 9.55 Å². The predicted molar refractivity (Wildman–Crippen MR) is 98.3 cm³/mol. The number of ether oxygens (including phenoxy) is 2. The van der Waals surface area contributed by atoms with Crippen molar-refractivity contribution in [3.8, 4) is 5.75 Å². The van der Waals surface area contributed by atoms with Crippen LogP contribution in [-0.2, 0) is 11.3 Å². The number of benzene rings is 1. The summed E-state index contributed by atoms with van der Waals surface area (Å²) < 4.78 is 11.5. The van der Waals surface area contributed by atoms with Gasteiger partial charge in [0.2, 0.25) is 5.78 Å². The van der Waals surface area contributed by atoms with Crippen LogP contribution in [0.5, 0.6) is 5.75 Å². The highest BCUT2D eigenvalue weighted by atomic mass is 16.5. The fraction of sp³-hybridized carbons (Fsp3) is 0.333. The van der Waals surface area contributed by atoms with Crippen molar-refractivity contribution >= 4 is 17.6 Å². The van der Waals surface area contributed by atoms with Gasteiger partial charge in [0.25, 0.3) is 5.56 Å². The van der Waals surface area contributed by atoms with Gasteiger partial charge in [0.05, 0.1) is 6.61 Å². The van der Waals surface area contributed by atoms with Crippen molar-refractivity contribution in [3.63, 3.8) is 0 Å². The summed E-state index contributed by atoms with van der Waals surface area (Å²) in [5.41, 5.74) is 3.95. The number of carbonyl (C=O) groups is 2. The molecular formula is C18H21N3O6. The number of ketones is 1. The van der Waals surface area contributed by atoms with E-state index in [9.17, 15) is 19.2 Å². The molecule has 0 aliphatic heterocycles. The molecule has 0 amide bonds. The third-order valence-electron chi connectivity index (χ3n) is 3.71. The van der Waals surface area contributed by atoms with Gasteiger partial charge in [-0.25, -0.2) is 9.59 Å². The second-order valence-corrected chi connectivity index (χ2v) is 5.60. The standard InChI is InChI=1S/C18H21N3O6/c1-3-9-21-15(19)14(16(23)20-18(21)25)12(22)10-27-17(24)11-7-5-6-8-13(11)26-4-2/h5-8H,3-4,9-10,19H2,1-2H3,(H,20,23,25). The Balaban J connectivity index is 2.22. The maximum atomic E-state index is 12.4. The van der Waals surface area contributed by atoms with E-state index in [1.54, 1.807) is 25.1 Å². The molecule has 1 aromatic heterocycles. The zero-order valence-corrected chi connectivity index (χ0v) is 15.1. The number of anilines is 1. The van der Waals surface area contributed by atoms with Crippen molar-refractivity contribution in [1.29, 1.82) is 0 Å². The highest BCUT2D eigenvalue weighted by molar-refractivity contribution is 6.02. The maximum absolute atomic E-state index is 12.4. The van der Waals surface area contributed by atoms with Crippen LogP contribution < -0.4 is 21.7 Å². The molecule has 0 saturated carbocycles. The Kier molecular flexibility index (Phi) is 6.53. The Morgan fingerprint density at radius 3 is 2.56 bits per heavy atom. The molecule has 0 radical (unpaired) electrons. The number of hydrogen-bond donors (Lipinski definition) is 2. The fourth-order valence-corrected chi connectivity index (χ4v) is 2.50. The van der Waals surface area contributed by atoms with Gasteiger partial charge in [-0.1, -0.05) is 19.1 Å². The summed E-state index contributed by atoms with van der Waals surface area (Å²) in [6.45, 7) is 3.48. The van der Waals surface area contributed by atoms with Crippen molar-refractivity contribution < 1.29 is 19.1 Å². The zero-order chi connectivity index (χ0) is 20.0. The Hall–Kier alpha value is -3.36. The van der Waals surface area contributed by atoms with Crippen LogP contribution >= 0.6 is 0 Å². The quantitative estimate of drug-likeness (QED) is 0.518. The molecule has 2 aromatic rings. The van der Waals surface area contributed by atoms with Gasteiger partial charge >= 0.3 is 11.7 Å². The van der Waals surface area contributed by atoms with Gasteiger partial charge in [0.15, 0.2) is 6.61 Å². The smallest absolute Gasteiger partial charge is 0.342 e. The summed E-state index contributed by atoms with van der Waals surface area (Å²) >= 11 is 0. The molecule has 27 heavy (non-hydrogen) atoms. The fourth-order valence-electron chi connectivity index (χ4n) is 2.50. The second-order valence-electron chi connectivity index (χ2n) is 5.60. The van der Waals surface area contributed by atoms with Gasteiger partial charge in [-0.15, -0.1) is 0 Å². The van der Waals surface area contributed by atoms with E-state index in [2.05, 4.69) is 0 Å². The van der Waals surface area contributed by atoms with Crippen LogP contribution in [0.1, 0.15) is 41.0 Å². The molecule has 0 saturated heterocycles. The molecule has 9 heteroatoms. The van der Waals surface area contributed by atoms with Gasteiger partial charge in [-0.2, -0.15) is 0 Å². The van der Waals surface area contributed by atoms with Gasteiger partial charge in [0.1, 0.15) is 22.7 Å². The molecule has 0 atom stereocenters. The van der Waals surface area contributed by atoms with Crippen molar-refractivity contribution in [2.24, 2.45) is 0 Å². The van der Waals surface area contributed by atoms with Crippen molar-refractivity contribution in [2.75, 3.05) is 18.9 Å². The number of aromatic nitrogens is 2. The Bertz CT molecular complexity index is 960. The van der Waals surface area contributed by atoms with Crippen LogP contribution in [0.25, 0.3) is 0 Å². The number of nitrogens with two attached hydrogens (primary N) is 1. The molecule has 3 N–H and O–H groups in total. The van der Waals surface area contributed by atoms with Crippen LogP contribution in [0.4, 0.5) is 5.82 Å². The number of Topliss-reactive ketones (excluding diaryl/α,β-unsaturated/α-hetero) is 1. The molecule has 0 aliphatic rings. The highest BCUT2D eigenvalue weighted by Crippen LogP contribution is 2.19. The second kappa shape index (κ2) is 8.84. The molecule has 0 bridgehead atoms. The SMILES string of the molecule is CCCn1c(N)c(C(=O)COC(=O)c2ccccc2OCC)c(=O)[nH]c1=O. The number of H-pyrrole nitrogens is 1. The van der Waals surface area contributed by atoms with E-state index in [1.165, 1.54) is 6.07 Å². The predicted octanol–water partition coefficient (Wildman–Crippen LogP) is 0.967. The number of esters is 1. The van der Waals surface area contributed by atoms with Crippen LogP contribution in [0.15, 0.2) is 33.9 Å². The lowest BCUT2D eigenvalue weighted by Gasteiger charge is -2.12. The third-order valence-corrected chi connectivity index (χ3v) is 3.71. The molecular weight excluding hydrogens is 354 g/mol. The minimum absolute atomic E-state index is 0.157. The van der Waals surface area contributed by atoms with Gasteiger partial charge in [-0.3, -0.25) is 19.1 Å². The van der Waals surface area contributed by atoms with Crippen LogP contribution in [-0.4, -0.2) is 34.5 Å². The van der Waals surface area contributed by atoms with E-state index in [1.807, 2.05) is 11.9 Å². The summed E-state index contributed by atoms with van der Waals surface area (Å²) in [5, 5.41) is 0. The van der Waals surface area contributed by atoms with Crippen molar-refractivity contribution in [3.05, 3.63) is 56.2 Å². The molecule has 2 rings (SSSR count). The summed E-state index contributed by atoms with van der Waals surface area (Å²) in [6, 6.07) is 6.43. The average molecular weight is 375 g/mol. The number of nitrogens with zero attached hydrogens (tertiary/aromatic N) is 1. The summed E-state index contributed by atoms with van der Waals surface area (Å²) in [7, 11) is 0. The minimum Gasteiger partial charge on any atom is -0.493 e. The van der Waals surface area contributed by atoms with Gasteiger partial charge in [-0.05, 0) is 25.5 Å². The number of aromatic amines is 1. The summed E-state index contributed by atoms with van der Waals surface area (Å²) in [5.74, 6) is -1.50. The van der Waals surface area contributed by atoms with Crippen LogP contribution in [0.3, 0.4) is 0 Å². The Morgan fingerprint density at radius 1 is 1.19 bits per heavy atom. The number of rotatable bonds is 8. The zero-order valence-electron chi connectivity index (χ0n) is 15.1. The molecule has 0 unspecified atom stereocenters. The summed E-state index contributed by atoms with van der Waals surface area (Å²) in [4.78, 5) is 50.4. The monoisotopic (exact) mass is 375 g/mol.